The Balaban J connectivity index is 1.74. The Labute approximate surface area is 203 Å². The summed E-state index contributed by atoms with van der Waals surface area (Å²) in [6, 6.07) is 16.3. The van der Waals surface area contributed by atoms with Gasteiger partial charge in [0, 0.05) is 11.1 Å². The predicted molar refractivity (Wildman–Crippen MR) is 130 cm³/mol. The summed E-state index contributed by atoms with van der Waals surface area (Å²) in [5, 5.41) is 11.4. The fraction of sp³-hybridized carbons (Fsp3) is 0.115. The number of para-hydroxylation sites is 1. The van der Waals surface area contributed by atoms with Gasteiger partial charge in [-0.25, -0.2) is 9.37 Å². The van der Waals surface area contributed by atoms with E-state index in [0.29, 0.717) is 22.6 Å². The van der Waals surface area contributed by atoms with E-state index in [1.165, 1.54) is 47.6 Å². The third kappa shape index (κ3) is 3.79. The van der Waals surface area contributed by atoms with Gasteiger partial charge in [-0.2, -0.15) is 0 Å². The number of nitrogens with zero attached hydrogens (tertiary/aromatic N) is 2. The van der Waals surface area contributed by atoms with Crippen LogP contribution in [0.5, 0.6) is 11.5 Å². The highest BCUT2D eigenvalue weighted by Crippen LogP contribution is 2.46. The summed E-state index contributed by atoms with van der Waals surface area (Å²) in [4.78, 5) is 32.5. The zero-order chi connectivity index (χ0) is 24.7. The first-order chi connectivity index (χ1) is 16.9. The molecule has 1 aliphatic rings. The third-order valence-electron chi connectivity index (χ3n) is 5.79. The molecule has 4 aromatic rings. The van der Waals surface area contributed by atoms with Gasteiger partial charge in [-0.1, -0.05) is 29.5 Å². The maximum atomic E-state index is 13.5. The smallest absolute Gasteiger partial charge is 0.301 e. The van der Waals surface area contributed by atoms with E-state index in [1.54, 1.807) is 49.6 Å². The molecule has 176 valence electrons. The van der Waals surface area contributed by atoms with Gasteiger partial charge in [0.1, 0.15) is 29.1 Å². The number of aliphatic hydroxyl groups excluding tert-OH is 1. The summed E-state index contributed by atoms with van der Waals surface area (Å²) in [6.45, 7) is 0. The number of Topliss-reactive ketones (excluding diaryl/α,β-unsaturated/α-hetero) is 1. The van der Waals surface area contributed by atoms with E-state index in [1.807, 2.05) is 0 Å². The maximum Gasteiger partial charge on any atom is 0.301 e. The zero-order valence-corrected chi connectivity index (χ0v) is 19.5. The number of aromatic nitrogens is 1. The molecule has 0 aliphatic carbocycles. The summed E-state index contributed by atoms with van der Waals surface area (Å²) in [5.74, 6) is -1.56. The Morgan fingerprint density at radius 2 is 1.77 bits per heavy atom. The van der Waals surface area contributed by atoms with Crippen molar-refractivity contribution in [2.75, 3.05) is 19.1 Å². The molecule has 9 heteroatoms. The van der Waals surface area contributed by atoms with Gasteiger partial charge in [-0.15, -0.1) is 0 Å². The first kappa shape index (κ1) is 22.5. The van der Waals surface area contributed by atoms with Crippen LogP contribution in [0, 0.1) is 5.82 Å². The molecule has 1 amide bonds. The monoisotopic (exact) mass is 490 g/mol. The second kappa shape index (κ2) is 8.84. The summed E-state index contributed by atoms with van der Waals surface area (Å²) in [6.07, 6.45) is 0. The van der Waals surface area contributed by atoms with Crippen LogP contribution in [0.25, 0.3) is 16.0 Å². The molecule has 1 N–H and O–H groups in total. The number of aliphatic hydroxyl groups is 1. The largest absolute Gasteiger partial charge is 0.507 e. The first-order valence-electron chi connectivity index (χ1n) is 10.6. The number of rotatable bonds is 5. The number of anilines is 1. The van der Waals surface area contributed by atoms with Crippen molar-refractivity contribution < 1.29 is 28.6 Å². The minimum atomic E-state index is -1.02. The number of carbonyl (C=O) groups excluding carboxylic acids is 2. The van der Waals surface area contributed by atoms with E-state index in [4.69, 9.17) is 9.47 Å². The van der Waals surface area contributed by atoms with Gasteiger partial charge in [0.2, 0.25) is 0 Å². The van der Waals surface area contributed by atoms with Crippen molar-refractivity contribution in [3.8, 4) is 11.5 Å². The number of amides is 1. The van der Waals surface area contributed by atoms with Crippen molar-refractivity contribution in [2.45, 2.75) is 6.04 Å². The van der Waals surface area contributed by atoms with Crippen molar-refractivity contribution in [1.29, 1.82) is 0 Å². The standard InChI is InChI=1S/C26H19FN2O5S/c1-33-16-11-12-18-20(13-16)35-26(28-18)29-22(17-5-3-4-6-19(17)34-2)21(24(31)25(29)32)23(30)14-7-9-15(27)10-8-14/h3-13,22,30H,1-2H3/t22-/m0/s1. The Kier molecular flexibility index (Phi) is 5.70. The van der Waals surface area contributed by atoms with Gasteiger partial charge in [-0.05, 0) is 48.5 Å². The second-order valence-electron chi connectivity index (χ2n) is 7.75. The lowest BCUT2D eigenvalue weighted by molar-refractivity contribution is -0.132. The topological polar surface area (TPSA) is 89.0 Å². The number of fused-ring (bicyclic) bond motifs is 1. The minimum absolute atomic E-state index is 0.136. The number of ether oxygens (including phenoxy) is 2. The van der Waals surface area contributed by atoms with E-state index < -0.39 is 29.3 Å². The Bertz CT molecular complexity index is 1500. The number of carbonyl (C=O) groups is 2. The summed E-state index contributed by atoms with van der Waals surface area (Å²) < 4.78 is 25.0. The highest BCUT2D eigenvalue weighted by atomic mass is 32.1. The van der Waals surface area contributed by atoms with Crippen LogP contribution in [0.3, 0.4) is 0 Å². The normalized spacial score (nSPS) is 17.2. The van der Waals surface area contributed by atoms with Gasteiger partial charge in [0.15, 0.2) is 5.13 Å². The summed E-state index contributed by atoms with van der Waals surface area (Å²) >= 11 is 1.22. The number of ketones is 1. The molecule has 5 rings (SSSR count). The summed E-state index contributed by atoms with van der Waals surface area (Å²) in [5.41, 5.74) is 1.20. The zero-order valence-electron chi connectivity index (χ0n) is 18.7. The van der Waals surface area contributed by atoms with Gasteiger partial charge in [0.25, 0.3) is 5.78 Å². The average Bonchev–Trinajstić information content (AvgIpc) is 3.41. The van der Waals surface area contributed by atoms with Crippen LogP contribution in [0.15, 0.2) is 72.3 Å². The van der Waals surface area contributed by atoms with E-state index >= 15 is 0 Å². The SMILES string of the molecule is COc1ccc2nc(N3C(=O)C(=O)C(=C(O)c4ccc(F)cc4)[C@@H]3c3ccccc3OC)sc2c1. The maximum absolute atomic E-state index is 13.5. The molecule has 1 fully saturated rings. The quantitative estimate of drug-likeness (QED) is 0.239. The molecule has 2 heterocycles. The Hall–Kier alpha value is -4.24. The molecular formula is C26H19FN2O5S. The van der Waals surface area contributed by atoms with Crippen molar-refractivity contribution in [1.82, 2.24) is 4.98 Å². The highest BCUT2D eigenvalue weighted by molar-refractivity contribution is 7.22. The van der Waals surface area contributed by atoms with E-state index in [-0.39, 0.29) is 16.3 Å². The molecule has 1 aromatic heterocycles. The van der Waals surface area contributed by atoms with Crippen LogP contribution >= 0.6 is 11.3 Å². The predicted octanol–water partition coefficient (Wildman–Crippen LogP) is 5.08. The molecule has 0 saturated carbocycles. The van der Waals surface area contributed by atoms with E-state index in [9.17, 15) is 19.1 Å². The molecule has 0 radical (unpaired) electrons. The second-order valence-corrected chi connectivity index (χ2v) is 8.76. The molecule has 0 spiro atoms. The van der Waals surface area contributed by atoms with Crippen LogP contribution in [0.2, 0.25) is 0 Å². The molecule has 35 heavy (non-hydrogen) atoms. The lowest BCUT2D eigenvalue weighted by Crippen LogP contribution is -2.29. The molecule has 1 aliphatic heterocycles. The molecule has 7 nitrogen and oxygen atoms in total. The highest BCUT2D eigenvalue weighted by Gasteiger charge is 2.49. The molecule has 0 bridgehead atoms. The lowest BCUT2D eigenvalue weighted by atomic mass is 9.94. The van der Waals surface area contributed by atoms with E-state index in [2.05, 4.69) is 4.98 Å². The van der Waals surface area contributed by atoms with Crippen LogP contribution in [0.1, 0.15) is 17.2 Å². The van der Waals surface area contributed by atoms with Crippen LogP contribution in [-0.4, -0.2) is 36.0 Å². The van der Waals surface area contributed by atoms with Crippen molar-refractivity contribution in [3.05, 3.63) is 89.2 Å². The number of hydrogen-bond acceptors (Lipinski definition) is 7. The number of halogens is 1. The molecular weight excluding hydrogens is 471 g/mol. The van der Waals surface area contributed by atoms with Crippen molar-refractivity contribution in [2.24, 2.45) is 0 Å². The molecule has 1 atom stereocenters. The fourth-order valence-electron chi connectivity index (χ4n) is 4.10. The van der Waals surface area contributed by atoms with Crippen molar-refractivity contribution >= 4 is 44.1 Å². The Morgan fingerprint density at radius 1 is 1.03 bits per heavy atom. The fourth-order valence-corrected chi connectivity index (χ4v) is 5.12. The number of hydrogen-bond donors (Lipinski definition) is 1. The minimum Gasteiger partial charge on any atom is -0.507 e. The number of methoxy groups -OCH3 is 2. The third-order valence-corrected chi connectivity index (χ3v) is 6.80. The molecule has 1 saturated heterocycles. The van der Waals surface area contributed by atoms with Crippen LogP contribution in [0.4, 0.5) is 9.52 Å². The Morgan fingerprint density at radius 3 is 2.49 bits per heavy atom. The van der Waals surface area contributed by atoms with E-state index in [0.717, 1.165) is 4.70 Å². The number of benzene rings is 3. The number of thiazole rings is 1. The summed E-state index contributed by atoms with van der Waals surface area (Å²) in [7, 11) is 3.04. The molecule has 0 unspecified atom stereocenters. The van der Waals surface area contributed by atoms with Crippen LogP contribution < -0.4 is 14.4 Å². The lowest BCUT2D eigenvalue weighted by Gasteiger charge is -2.24. The van der Waals surface area contributed by atoms with Gasteiger partial charge in [-0.3, -0.25) is 14.5 Å². The van der Waals surface area contributed by atoms with Gasteiger partial charge < -0.3 is 14.6 Å². The van der Waals surface area contributed by atoms with Crippen molar-refractivity contribution in [3.63, 3.8) is 0 Å². The molecule has 3 aromatic carbocycles. The first-order valence-corrected chi connectivity index (χ1v) is 11.4. The van der Waals surface area contributed by atoms with Gasteiger partial charge >= 0.3 is 5.91 Å². The average molecular weight is 491 g/mol. The van der Waals surface area contributed by atoms with Crippen LogP contribution in [-0.2, 0) is 9.59 Å². The van der Waals surface area contributed by atoms with Gasteiger partial charge in [0.05, 0.1) is 30.0 Å².